The van der Waals surface area contributed by atoms with E-state index in [2.05, 4.69) is 15.9 Å². The highest BCUT2D eigenvalue weighted by atomic mass is 79.9. The third kappa shape index (κ3) is 3.34. The van der Waals surface area contributed by atoms with Crippen molar-refractivity contribution in [3.8, 4) is 11.5 Å². The van der Waals surface area contributed by atoms with Crippen LogP contribution in [0.2, 0.25) is 5.02 Å². The number of aliphatic hydroxyl groups excluding tert-OH is 1. The van der Waals surface area contributed by atoms with Crippen LogP contribution in [0.3, 0.4) is 0 Å². The Balaban J connectivity index is 1.85. The predicted octanol–water partition coefficient (Wildman–Crippen LogP) is 3.83. The Kier molecular flexibility index (Phi) is 4.38. The summed E-state index contributed by atoms with van der Waals surface area (Å²) in [6, 6.07) is 11.6. The van der Waals surface area contributed by atoms with Gasteiger partial charge in [0.25, 0.3) is 0 Å². The van der Waals surface area contributed by atoms with Gasteiger partial charge in [0, 0.05) is 9.50 Å². The standard InChI is InChI=1S/C16H14BrClO3/c17-12-2-3-14(18)11(7-12)5-10-1-4-15-16(6-10)21-13(8-19)9-20-15/h1-4,6-7,13,19H,5,8-9H2. The normalized spacial score (nSPS) is 16.8. The van der Waals surface area contributed by atoms with E-state index in [4.69, 9.17) is 26.2 Å². The minimum Gasteiger partial charge on any atom is -0.486 e. The lowest BCUT2D eigenvalue weighted by molar-refractivity contribution is 0.0456. The van der Waals surface area contributed by atoms with Crippen molar-refractivity contribution in [1.29, 1.82) is 0 Å². The Morgan fingerprint density at radius 2 is 2.05 bits per heavy atom. The van der Waals surface area contributed by atoms with Crippen LogP contribution < -0.4 is 9.47 Å². The van der Waals surface area contributed by atoms with Crippen LogP contribution in [0.4, 0.5) is 0 Å². The van der Waals surface area contributed by atoms with Gasteiger partial charge < -0.3 is 14.6 Å². The van der Waals surface area contributed by atoms with Gasteiger partial charge in [-0.25, -0.2) is 0 Å². The SMILES string of the molecule is OCC1COc2ccc(Cc3cc(Br)ccc3Cl)cc2O1. The molecule has 0 amide bonds. The van der Waals surface area contributed by atoms with E-state index in [9.17, 15) is 0 Å². The maximum absolute atomic E-state index is 9.16. The predicted molar refractivity (Wildman–Crippen MR) is 85.4 cm³/mol. The van der Waals surface area contributed by atoms with Gasteiger partial charge in [0.1, 0.15) is 6.61 Å². The van der Waals surface area contributed by atoms with E-state index in [-0.39, 0.29) is 12.7 Å². The summed E-state index contributed by atoms with van der Waals surface area (Å²) in [5, 5.41) is 9.90. The molecule has 110 valence electrons. The Bertz CT molecular complexity index is 660. The summed E-state index contributed by atoms with van der Waals surface area (Å²) in [5.41, 5.74) is 2.12. The first kappa shape index (κ1) is 14.7. The number of aliphatic hydroxyl groups is 1. The Labute approximate surface area is 136 Å². The lowest BCUT2D eigenvalue weighted by atomic mass is 10.0. The van der Waals surface area contributed by atoms with Crippen LogP contribution in [0.5, 0.6) is 11.5 Å². The number of hydrogen-bond acceptors (Lipinski definition) is 3. The lowest BCUT2D eigenvalue weighted by Gasteiger charge is -2.25. The molecule has 21 heavy (non-hydrogen) atoms. The van der Waals surface area contributed by atoms with Crippen LogP contribution in [0.25, 0.3) is 0 Å². The van der Waals surface area contributed by atoms with Crippen molar-refractivity contribution >= 4 is 27.5 Å². The Morgan fingerprint density at radius 1 is 1.19 bits per heavy atom. The fourth-order valence-electron chi connectivity index (χ4n) is 2.26. The second-order valence-corrected chi connectivity index (χ2v) is 6.25. The smallest absolute Gasteiger partial charge is 0.162 e. The summed E-state index contributed by atoms with van der Waals surface area (Å²) < 4.78 is 12.3. The van der Waals surface area contributed by atoms with E-state index >= 15 is 0 Å². The summed E-state index contributed by atoms with van der Waals surface area (Å²) in [6.45, 7) is 0.321. The number of halogens is 2. The molecule has 1 aliphatic rings. The molecule has 1 heterocycles. The third-order valence-electron chi connectivity index (χ3n) is 3.33. The van der Waals surface area contributed by atoms with E-state index in [1.54, 1.807) is 0 Å². The molecule has 0 spiro atoms. The van der Waals surface area contributed by atoms with Gasteiger partial charge in [0.15, 0.2) is 17.6 Å². The summed E-state index contributed by atoms with van der Waals surface area (Å²) in [4.78, 5) is 0. The highest BCUT2D eigenvalue weighted by Gasteiger charge is 2.20. The monoisotopic (exact) mass is 368 g/mol. The fraction of sp³-hybridized carbons (Fsp3) is 0.250. The van der Waals surface area contributed by atoms with E-state index in [1.165, 1.54) is 0 Å². The first-order chi connectivity index (χ1) is 10.2. The molecule has 2 aromatic carbocycles. The van der Waals surface area contributed by atoms with Gasteiger partial charge in [-0.1, -0.05) is 33.6 Å². The molecule has 0 aliphatic carbocycles. The van der Waals surface area contributed by atoms with Crippen molar-refractivity contribution in [2.75, 3.05) is 13.2 Å². The zero-order chi connectivity index (χ0) is 14.8. The highest BCUT2D eigenvalue weighted by molar-refractivity contribution is 9.10. The fourth-order valence-corrected chi connectivity index (χ4v) is 2.85. The number of ether oxygens (including phenoxy) is 2. The molecule has 2 aromatic rings. The zero-order valence-corrected chi connectivity index (χ0v) is 13.5. The van der Waals surface area contributed by atoms with Gasteiger partial charge in [-0.15, -0.1) is 0 Å². The summed E-state index contributed by atoms with van der Waals surface area (Å²) in [7, 11) is 0. The molecule has 0 saturated carbocycles. The van der Waals surface area contributed by atoms with E-state index in [0.717, 1.165) is 20.6 Å². The molecule has 1 atom stereocenters. The van der Waals surface area contributed by atoms with Crippen molar-refractivity contribution in [3.05, 3.63) is 57.0 Å². The average molecular weight is 370 g/mol. The summed E-state index contributed by atoms with van der Waals surface area (Å²) >= 11 is 9.68. The zero-order valence-electron chi connectivity index (χ0n) is 11.2. The van der Waals surface area contributed by atoms with Gasteiger partial charge in [0.2, 0.25) is 0 Å². The Morgan fingerprint density at radius 3 is 2.86 bits per heavy atom. The molecule has 1 aliphatic heterocycles. The maximum atomic E-state index is 9.16. The number of hydrogen-bond donors (Lipinski definition) is 1. The molecule has 3 rings (SSSR count). The summed E-state index contributed by atoms with van der Waals surface area (Å²) in [6.07, 6.45) is 0.404. The van der Waals surface area contributed by atoms with Crippen molar-refractivity contribution in [2.24, 2.45) is 0 Å². The van der Waals surface area contributed by atoms with Gasteiger partial charge in [-0.3, -0.25) is 0 Å². The Hall–Kier alpha value is -1.23. The van der Waals surface area contributed by atoms with Crippen LogP contribution in [-0.2, 0) is 6.42 Å². The third-order valence-corrected chi connectivity index (χ3v) is 4.19. The molecule has 0 aromatic heterocycles. The van der Waals surface area contributed by atoms with E-state index in [1.807, 2.05) is 36.4 Å². The van der Waals surface area contributed by atoms with Crippen LogP contribution >= 0.6 is 27.5 Å². The van der Waals surface area contributed by atoms with Crippen molar-refractivity contribution in [1.82, 2.24) is 0 Å². The molecule has 1 unspecified atom stereocenters. The molecular weight excluding hydrogens is 356 g/mol. The van der Waals surface area contributed by atoms with Crippen molar-refractivity contribution < 1.29 is 14.6 Å². The van der Waals surface area contributed by atoms with Gasteiger partial charge in [-0.05, 0) is 47.9 Å². The van der Waals surface area contributed by atoms with Crippen molar-refractivity contribution in [3.63, 3.8) is 0 Å². The van der Waals surface area contributed by atoms with Gasteiger partial charge >= 0.3 is 0 Å². The molecule has 0 saturated heterocycles. The largest absolute Gasteiger partial charge is 0.486 e. The number of benzene rings is 2. The van der Waals surface area contributed by atoms with Crippen LogP contribution in [-0.4, -0.2) is 24.4 Å². The number of fused-ring (bicyclic) bond motifs is 1. The first-order valence-electron chi connectivity index (χ1n) is 6.63. The van der Waals surface area contributed by atoms with Crippen LogP contribution in [0.15, 0.2) is 40.9 Å². The summed E-state index contributed by atoms with van der Waals surface area (Å²) in [5.74, 6) is 1.38. The second kappa shape index (κ2) is 6.26. The van der Waals surface area contributed by atoms with Gasteiger partial charge in [0.05, 0.1) is 6.61 Å². The van der Waals surface area contributed by atoms with Crippen LogP contribution in [0.1, 0.15) is 11.1 Å². The minimum atomic E-state index is -0.304. The molecule has 0 fully saturated rings. The molecule has 0 radical (unpaired) electrons. The van der Waals surface area contributed by atoms with Gasteiger partial charge in [-0.2, -0.15) is 0 Å². The van der Waals surface area contributed by atoms with E-state index < -0.39 is 0 Å². The topological polar surface area (TPSA) is 38.7 Å². The maximum Gasteiger partial charge on any atom is 0.162 e. The minimum absolute atomic E-state index is 0.0544. The second-order valence-electron chi connectivity index (χ2n) is 4.93. The molecule has 1 N–H and O–H groups in total. The average Bonchev–Trinajstić information content (AvgIpc) is 2.50. The lowest BCUT2D eigenvalue weighted by Crippen LogP contribution is -2.32. The first-order valence-corrected chi connectivity index (χ1v) is 7.80. The molecular formula is C16H14BrClO3. The van der Waals surface area contributed by atoms with Crippen LogP contribution in [0, 0.1) is 0 Å². The quantitative estimate of drug-likeness (QED) is 0.894. The van der Waals surface area contributed by atoms with E-state index in [0.29, 0.717) is 24.5 Å². The highest BCUT2D eigenvalue weighted by Crippen LogP contribution is 2.34. The molecule has 0 bridgehead atoms. The molecule has 3 nitrogen and oxygen atoms in total. The number of rotatable bonds is 3. The molecule has 5 heteroatoms. The van der Waals surface area contributed by atoms with Crippen molar-refractivity contribution in [2.45, 2.75) is 12.5 Å².